The van der Waals surface area contributed by atoms with Crippen LogP contribution < -0.4 is 25.4 Å². The van der Waals surface area contributed by atoms with Crippen molar-refractivity contribution in [2.24, 2.45) is 17.8 Å². The molecule has 17 nitrogen and oxygen atoms in total. The number of anilines is 1. The van der Waals surface area contributed by atoms with Gasteiger partial charge < -0.3 is 44.9 Å². The van der Waals surface area contributed by atoms with E-state index in [0.717, 1.165) is 58.2 Å². The summed E-state index contributed by atoms with van der Waals surface area (Å²) in [4.78, 5) is 64.0. The van der Waals surface area contributed by atoms with E-state index in [1.165, 1.54) is 11.3 Å². The molecule has 3 saturated heterocycles. The number of carbonyl (C=O) groups is 4. The summed E-state index contributed by atoms with van der Waals surface area (Å²) in [6.45, 7) is 8.51. The van der Waals surface area contributed by atoms with Crippen molar-refractivity contribution >= 4 is 40.6 Å². The summed E-state index contributed by atoms with van der Waals surface area (Å²) >= 11 is 0. The number of rotatable bonds is 12. The number of carboxylic acid groups (broad SMARTS) is 1. The number of hydrogen-bond donors (Lipinski definition) is 4. The Morgan fingerprint density at radius 2 is 1.76 bits per heavy atom. The summed E-state index contributed by atoms with van der Waals surface area (Å²) < 4.78 is 26.0. The van der Waals surface area contributed by atoms with Crippen LogP contribution >= 0.6 is 0 Å². The van der Waals surface area contributed by atoms with E-state index in [1.807, 2.05) is 44.3 Å². The normalized spacial score (nSPS) is 30.0. The Hall–Kier alpha value is -5.16. The molecule has 63 heavy (non-hydrogen) atoms. The molecule has 5 heterocycles. The third-order valence-corrected chi connectivity index (χ3v) is 13.9. The van der Waals surface area contributed by atoms with Gasteiger partial charge in [-0.25, -0.2) is 19.3 Å². The number of nitrogens with one attached hydrogen (secondary N) is 3. The van der Waals surface area contributed by atoms with Gasteiger partial charge in [-0.1, -0.05) is 32.1 Å². The standard InChI is InChI=1S/C46H62N8O9/c1-28(2)47-40-12-13-54(51-40)41-25-39(35-11-10-32(23-37(35)48-41)61-19-16-52-14-17-60-18-15-52)62-34-24-38-42(55)50-46(44(57)58)26-31(46)8-6-4-3-5-7-9-36(43(56)53(38)27-34)49-45(59)63-33-21-29-20-30(29)22-33/h10-13,23,25,28-31,33-34,36,38H,3-9,14-22,24,26-27H2,1-2H3,(H,47,51)(H,49,59)(H,50,55)(H,57,58)/t29-,30+,31-,33?,34-,36+,38+,46-/m1/s1. The van der Waals surface area contributed by atoms with Crippen LogP contribution in [0.1, 0.15) is 90.9 Å². The van der Waals surface area contributed by atoms with Gasteiger partial charge in [-0.3, -0.25) is 14.5 Å². The van der Waals surface area contributed by atoms with Gasteiger partial charge in [0.1, 0.15) is 53.8 Å². The molecule has 3 aliphatic carbocycles. The van der Waals surface area contributed by atoms with Crippen LogP contribution in [0, 0.1) is 17.8 Å². The van der Waals surface area contributed by atoms with Crippen LogP contribution in [0.25, 0.3) is 16.7 Å². The molecule has 6 fully saturated rings. The van der Waals surface area contributed by atoms with Crippen molar-refractivity contribution < 1.29 is 43.2 Å². The van der Waals surface area contributed by atoms with Crippen molar-refractivity contribution in [3.8, 4) is 17.3 Å². The number of nitrogens with zero attached hydrogens (tertiary/aromatic N) is 5. The van der Waals surface area contributed by atoms with E-state index in [9.17, 15) is 24.3 Å². The topological polar surface area (TPSA) is 199 Å². The van der Waals surface area contributed by atoms with Gasteiger partial charge in [0.25, 0.3) is 0 Å². The van der Waals surface area contributed by atoms with Crippen molar-refractivity contribution in [3.63, 3.8) is 0 Å². The maximum Gasteiger partial charge on any atom is 0.408 e. The molecule has 0 radical (unpaired) electrons. The van der Waals surface area contributed by atoms with E-state index >= 15 is 0 Å². The summed E-state index contributed by atoms with van der Waals surface area (Å²) in [6, 6.07) is 7.51. The third-order valence-electron chi connectivity index (χ3n) is 13.9. The van der Waals surface area contributed by atoms with Crippen LogP contribution in [0.15, 0.2) is 36.5 Å². The lowest BCUT2D eigenvalue weighted by atomic mass is 10.0. The summed E-state index contributed by atoms with van der Waals surface area (Å²) in [6.07, 6.45) is 9.05. The lowest BCUT2D eigenvalue weighted by Crippen LogP contribution is -2.56. The molecular formula is C46H62N8O9. The highest BCUT2D eigenvalue weighted by Gasteiger charge is 2.62. The van der Waals surface area contributed by atoms with Crippen LogP contribution in [0.5, 0.6) is 11.5 Å². The van der Waals surface area contributed by atoms with Gasteiger partial charge >= 0.3 is 12.1 Å². The minimum absolute atomic E-state index is 0.0335. The molecular weight excluding hydrogens is 809 g/mol. The van der Waals surface area contributed by atoms with Crippen LogP contribution in [0.3, 0.4) is 0 Å². The monoisotopic (exact) mass is 870 g/mol. The first-order valence-electron chi connectivity index (χ1n) is 23.2. The Balaban J connectivity index is 0.993. The molecule has 340 valence electrons. The highest BCUT2D eigenvalue weighted by Crippen LogP contribution is 2.52. The van der Waals surface area contributed by atoms with Crippen molar-refractivity contribution in [2.75, 3.05) is 51.3 Å². The van der Waals surface area contributed by atoms with Gasteiger partial charge in [0.05, 0.1) is 25.3 Å². The highest BCUT2D eigenvalue weighted by molar-refractivity contribution is 5.96. The Morgan fingerprint density at radius 3 is 2.54 bits per heavy atom. The molecule has 2 aromatic heterocycles. The van der Waals surface area contributed by atoms with E-state index in [4.69, 9.17) is 29.0 Å². The second-order valence-corrected chi connectivity index (χ2v) is 18.8. The van der Waals surface area contributed by atoms with Crippen LogP contribution in [0.2, 0.25) is 0 Å². The number of carbonyl (C=O) groups excluding carboxylic acids is 3. The average Bonchev–Trinajstić information content (AvgIpc) is 3.91. The van der Waals surface area contributed by atoms with Crippen molar-refractivity contribution in [1.82, 2.24) is 35.2 Å². The van der Waals surface area contributed by atoms with E-state index in [2.05, 4.69) is 20.9 Å². The fraction of sp³-hybridized carbons (Fsp3) is 0.652. The number of amides is 3. The molecule has 17 heteroatoms. The molecule has 3 aliphatic heterocycles. The number of fused-ring (bicyclic) bond motifs is 4. The first-order valence-corrected chi connectivity index (χ1v) is 23.2. The number of hydrogen-bond acceptors (Lipinski definition) is 12. The largest absolute Gasteiger partial charge is 0.492 e. The third kappa shape index (κ3) is 9.99. The lowest BCUT2D eigenvalue weighted by molar-refractivity contribution is -0.146. The van der Waals surface area contributed by atoms with Crippen LogP contribution in [0.4, 0.5) is 10.6 Å². The minimum Gasteiger partial charge on any atom is -0.492 e. The Bertz CT molecular complexity index is 2150. The fourth-order valence-electron chi connectivity index (χ4n) is 10.2. The summed E-state index contributed by atoms with van der Waals surface area (Å²) in [5.74, 6) is 1.34. The smallest absolute Gasteiger partial charge is 0.408 e. The van der Waals surface area contributed by atoms with Gasteiger partial charge in [-0.2, -0.15) is 0 Å². The molecule has 4 N–H and O–H groups in total. The summed E-state index contributed by atoms with van der Waals surface area (Å²) in [5.41, 5.74) is -0.771. The second-order valence-electron chi connectivity index (χ2n) is 18.8. The van der Waals surface area contributed by atoms with Crippen LogP contribution in [-0.2, 0) is 23.9 Å². The first kappa shape index (κ1) is 43.1. The zero-order chi connectivity index (χ0) is 43.7. The molecule has 3 amide bonds. The number of ether oxygens (including phenoxy) is 4. The SMILES string of the molecule is CC(C)Nc1ccn(-c2cc(O[C@@H]3C[C@H]4C(=O)N[C@]5(C(=O)O)C[C@H]5CCCCCCC[C@H](NC(=O)OC5C[C@@H]6C[C@@H]6C5)C(=O)N4C3)c3ccc(OCCN4CCOCC4)cc3n2)n1. The molecule has 1 unspecified atom stereocenters. The minimum atomic E-state index is -1.38. The predicted molar refractivity (Wildman–Crippen MR) is 232 cm³/mol. The van der Waals surface area contributed by atoms with Crippen molar-refractivity contribution in [2.45, 2.75) is 127 Å². The number of pyridine rings is 1. The Labute approximate surface area is 367 Å². The number of aromatic nitrogens is 3. The molecule has 8 atom stereocenters. The van der Waals surface area contributed by atoms with E-state index in [0.29, 0.717) is 91.4 Å². The van der Waals surface area contributed by atoms with Gasteiger partial charge in [0, 0.05) is 61.9 Å². The molecule has 6 aliphatic rings. The quantitative estimate of drug-likeness (QED) is 0.192. The number of morpholine rings is 1. The maximum absolute atomic E-state index is 14.8. The lowest BCUT2D eigenvalue weighted by Gasteiger charge is -2.29. The Kier molecular flexibility index (Phi) is 12.7. The van der Waals surface area contributed by atoms with E-state index < -0.39 is 47.6 Å². The van der Waals surface area contributed by atoms with Gasteiger partial charge in [0.15, 0.2) is 5.82 Å². The molecule has 1 aromatic carbocycles. The molecule has 9 rings (SSSR count). The maximum atomic E-state index is 14.8. The van der Waals surface area contributed by atoms with Gasteiger partial charge in [0.2, 0.25) is 11.8 Å². The summed E-state index contributed by atoms with van der Waals surface area (Å²) in [7, 11) is 0. The molecule has 0 bridgehead atoms. The van der Waals surface area contributed by atoms with Gasteiger partial charge in [-0.05, 0) is 82.3 Å². The summed E-state index contributed by atoms with van der Waals surface area (Å²) in [5, 5.41) is 24.9. The first-order chi connectivity index (χ1) is 30.5. The highest BCUT2D eigenvalue weighted by atomic mass is 16.6. The number of aliphatic carboxylic acids is 1. The van der Waals surface area contributed by atoms with Crippen LogP contribution in [-0.4, -0.2) is 135 Å². The average molecular weight is 871 g/mol. The Morgan fingerprint density at radius 1 is 0.984 bits per heavy atom. The van der Waals surface area contributed by atoms with Crippen molar-refractivity contribution in [1.29, 1.82) is 0 Å². The van der Waals surface area contributed by atoms with Crippen molar-refractivity contribution in [3.05, 3.63) is 36.5 Å². The molecule has 3 saturated carbocycles. The van der Waals surface area contributed by atoms with Gasteiger partial charge in [-0.15, -0.1) is 5.10 Å². The second kappa shape index (κ2) is 18.5. The molecule has 0 spiro atoms. The van der Waals surface area contributed by atoms with E-state index in [1.54, 1.807) is 10.7 Å². The number of alkyl carbamates (subject to hydrolysis) is 1. The zero-order valence-corrected chi connectivity index (χ0v) is 36.5. The van der Waals surface area contributed by atoms with E-state index in [-0.39, 0.29) is 31.0 Å². The molecule has 3 aromatic rings. The number of benzene rings is 1. The fourth-order valence-corrected chi connectivity index (χ4v) is 10.2. The number of carboxylic acids is 1. The predicted octanol–water partition coefficient (Wildman–Crippen LogP) is 4.90. The zero-order valence-electron chi connectivity index (χ0n) is 36.5.